The second-order valence-corrected chi connectivity index (χ2v) is 5.41. The van der Waals surface area contributed by atoms with Crippen molar-refractivity contribution in [2.75, 3.05) is 0 Å². The Morgan fingerprint density at radius 2 is 1.69 bits per heavy atom. The van der Waals surface area contributed by atoms with Crippen molar-refractivity contribution in [2.24, 2.45) is 7.05 Å². The van der Waals surface area contributed by atoms with E-state index in [1.165, 1.54) is 10.9 Å². The lowest BCUT2D eigenvalue weighted by Crippen LogP contribution is -2.19. The maximum absolute atomic E-state index is 12.8. The average Bonchev–Trinajstić information content (AvgIpc) is 2.94. The highest BCUT2D eigenvalue weighted by Crippen LogP contribution is 2.36. The Kier molecular flexibility index (Phi) is 5.43. The van der Waals surface area contributed by atoms with Crippen LogP contribution in [0.15, 0.2) is 36.7 Å². The van der Waals surface area contributed by atoms with Crippen molar-refractivity contribution in [3.8, 4) is 0 Å². The standard InChI is InChI=1S/C16H13F6N3O/c1-25-9-11(8-24-25)7-23-14(26)3-2-10-4-12(15(17,18)19)6-13(5-10)16(20,21)22/h2-6,8-9H,7H2,1H3,(H,23,26). The summed E-state index contributed by atoms with van der Waals surface area (Å²) in [6.45, 7) is 0.118. The summed E-state index contributed by atoms with van der Waals surface area (Å²) in [6, 6.07) is 1.11. The van der Waals surface area contributed by atoms with Crippen LogP contribution in [-0.4, -0.2) is 15.7 Å². The molecule has 4 nitrogen and oxygen atoms in total. The van der Waals surface area contributed by atoms with Crippen LogP contribution in [0.1, 0.15) is 22.3 Å². The molecule has 2 rings (SSSR count). The molecule has 0 aliphatic heterocycles. The van der Waals surface area contributed by atoms with Crippen LogP contribution in [0.4, 0.5) is 26.3 Å². The van der Waals surface area contributed by atoms with Crippen LogP contribution in [0.5, 0.6) is 0 Å². The summed E-state index contributed by atoms with van der Waals surface area (Å²) in [7, 11) is 1.68. The monoisotopic (exact) mass is 377 g/mol. The van der Waals surface area contributed by atoms with Gasteiger partial charge < -0.3 is 5.32 Å². The zero-order valence-electron chi connectivity index (χ0n) is 13.3. The van der Waals surface area contributed by atoms with Crippen molar-refractivity contribution >= 4 is 12.0 Å². The number of amides is 1. The minimum Gasteiger partial charge on any atom is -0.348 e. The summed E-state index contributed by atoms with van der Waals surface area (Å²) < 4.78 is 78.1. The van der Waals surface area contributed by atoms with Gasteiger partial charge in [-0.1, -0.05) is 0 Å². The molecule has 1 aromatic carbocycles. The van der Waals surface area contributed by atoms with Gasteiger partial charge in [0.1, 0.15) is 0 Å². The number of hydrogen-bond acceptors (Lipinski definition) is 2. The number of rotatable bonds is 4. The van der Waals surface area contributed by atoms with E-state index in [0.29, 0.717) is 17.7 Å². The number of halogens is 6. The Morgan fingerprint density at radius 3 is 2.15 bits per heavy atom. The van der Waals surface area contributed by atoms with Gasteiger partial charge in [-0.05, 0) is 29.8 Å². The summed E-state index contributed by atoms with van der Waals surface area (Å²) in [5.74, 6) is -0.667. The lowest BCUT2D eigenvalue weighted by atomic mass is 10.0. The molecule has 10 heteroatoms. The van der Waals surface area contributed by atoms with Crippen LogP contribution < -0.4 is 5.32 Å². The van der Waals surface area contributed by atoms with Crippen LogP contribution in [0.2, 0.25) is 0 Å². The molecule has 0 saturated heterocycles. The molecule has 0 unspecified atom stereocenters. The van der Waals surface area contributed by atoms with Gasteiger partial charge in [0.25, 0.3) is 0 Å². The Labute approximate surface area is 144 Å². The van der Waals surface area contributed by atoms with Crippen molar-refractivity contribution in [2.45, 2.75) is 18.9 Å². The lowest BCUT2D eigenvalue weighted by Gasteiger charge is -2.12. The molecular weight excluding hydrogens is 364 g/mol. The van der Waals surface area contributed by atoms with E-state index in [2.05, 4.69) is 10.4 Å². The molecule has 0 spiro atoms. The third-order valence-electron chi connectivity index (χ3n) is 3.26. The molecular formula is C16H13F6N3O. The normalized spacial score (nSPS) is 12.6. The van der Waals surface area contributed by atoms with E-state index in [1.807, 2.05) is 0 Å². The Balaban J connectivity index is 2.16. The van der Waals surface area contributed by atoms with E-state index >= 15 is 0 Å². The van der Waals surface area contributed by atoms with Gasteiger partial charge in [0, 0.05) is 31.4 Å². The van der Waals surface area contributed by atoms with Gasteiger partial charge >= 0.3 is 12.4 Å². The van der Waals surface area contributed by atoms with Crippen molar-refractivity contribution < 1.29 is 31.1 Å². The molecule has 0 fully saturated rings. The number of aryl methyl sites for hydroxylation is 1. The van der Waals surface area contributed by atoms with Crippen LogP contribution >= 0.6 is 0 Å². The van der Waals surface area contributed by atoms with Gasteiger partial charge in [-0.25, -0.2) is 0 Å². The molecule has 1 aromatic heterocycles. The molecule has 2 aromatic rings. The Bertz CT molecular complexity index is 788. The van der Waals surface area contributed by atoms with Gasteiger partial charge in [-0.2, -0.15) is 31.4 Å². The van der Waals surface area contributed by atoms with E-state index in [1.54, 1.807) is 13.2 Å². The van der Waals surface area contributed by atoms with Gasteiger partial charge in [-0.3, -0.25) is 9.48 Å². The van der Waals surface area contributed by atoms with E-state index < -0.39 is 29.4 Å². The SMILES string of the molecule is Cn1cc(CNC(=O)C=Cc2cc(C(F)(F)F)cc(C(F)(F)F)c2)cn1. The molecule has 0 saturated carbocycles. The predicted octanol–water partition coefficient (Wildman–Crippen LogP) is 3.79. The number of hydrogen-bond donors (Lipinski definition) is 1. The predicted molar refractivity (Wildman–Crippen MR) is 80.5 cm³/mol. The first-order valence-corrected chi connectivity index (χ1v) is 7.18. The van der Waals surface area contributed by atoms with Crippen LogP contribution in [0.25, 0.3) is 6.08 Å². The zero-order chi connectivity index (χ0) is 19.5. The second kappa shape index (κ2) is 7.22. The number of nitrogens with one attached hydrogen (secondary N) is 1. The summed E-state index contributed by atoms with van der Waals surface area (Å²) in [6.07, 6.45) is -4.97. The molecule has 1 heterocycles. The quantitative estimate of drug-likeness (QED) is 0.651. The summed E-state index contributed by atoms with van der Waals surface area (Å²) in [5, 5.41) is 6.34. The third-order valence-corrected chi connectivity index (χ3v) is 3.26. The zero-order valence-corrected chi connectivity index (χ0v) is 13.3. The Morgan fingerprint density at radius 1 is 1.12 bits per heavy atom. The molecule has 1 N–H and O–H groups in total. The lowest BCUT2D eigenvalue weighted by molar-refractivity contribution is -0.143. The fourth-order valence-electron chi connectivity index (χ4n) is 2.06. The van der Waals surface area contributed by atoms with Crippen molar-refractivity contribution in [3.63, 3.8) is 0 Å². The topological polar surface area (TPSA) is 46.9 Å². The second-order valence-electron chi connectivity index (χ2n) is 5.41. The summed E-state index contributed by atoms with van der Waals surface area (Å²) in [5.41, 5.74) is -2.58. The molecule has 1 amide bonds. The average molecular weight is 377 g/mol. The highest BCUT2D eigenvalue weighted by molar-refractivity contribution is 5.91. The number of carbonyl (C=O) groups is 1. The molecule has 0 aliphatic carbocycles. The number of carbonyl (C=O) groups excluding carboxylic acids is 1. The first kappa shape index (κ1) is 19.5. The smallest absolute Gasteiger partial charge is 0.348 e. The van der Waals surface area contributed by atoms with Crippen molar-refractivity contribution in [1.29, 1.82) is 0 Å². The molecule has 140 valence electrons. The molecule has 0 aliphatic rings. The maximum Gasteiger partial charge on any atom is 0.416 e. The molecule has 0 bridgehead atoms. The molecule has 26 heavy (non-hydrogen) atoms. The summed E-state index contributed by atoms with van der Waals surface area (Å²) in [4.78, 5) is 11.7. The molecule has 0 atom stereocenters. The van der Waals surface area contributed by atoms with Gasteiger partial charge in [0.05, 0.1) is 17.3 Å². The van der Waals surface area contributed by atoms with Crippen LogP contribution in [0, 0.1) is 0 Å². The van der Waals surface area contributed by atoms with Crippen molar-refractivity contribution in [3.05, 3.63) is 58.9 Å². The van der Waals surface area contributed by atoms with Gasteiger partial charge in [-0.15, -0.1) is 0 Å². The number of nitrogens with zero attached hydrogens (tertiary/aromatic N) is 2. The van der Waals surface area contributed by atoms with Gasteiger partial charge in [0.15, 0.2) is 0 Å². The number of alkyl halides is 6. The first-order valence-electron chi connectivity index (χ1n) is 7.18. The maximum atomic E-state index is 12.8. The van der Waals surface area contributed by atoms with Crippen molar-refractivity contribution in [1.82, 2.24) is 15.1 Å². The minimum absolute atomic E-state index is 0.0276. The number of aromatic nitrogens is 2. The molecule has 0 radical (unpaired) electrons. The van der Waals surface area contributed by atoms with E-state index in [9.17, 15) is 31.1 Å². The minimum atomic E-state index is -4.94. The van der Waals surface area contributed by atoms with E-state index in [-0.39, 0.29) is 18.2 Å². The fourth-order valence-corrected chi connectivity index (χ4v) is 2.06. The highest BCUT2D eigenvalue weighted by Gasteiger charge is 2.36. The van der Waals surface area contributed by atoms with E-state index in [4.69, 9.17) is 0 Å². The summed E-state index contributed by atoms with van der Waals surface area (Å²) >= 11 is 0. The van der Waals surface area contributed by atoms with Crippen LogP contribution in [0.3, 0.4) is 0 Å². The fraction of sp³-hybridized carbons (Fsp3) is 0.250. The first-order chi connectivity index (χ1) is 11.9. The highest BCUT2D eigenvalue weighted by atomic mass is 19.4. The third kappa shape index (κ3) is 5.36. The Hall–Kier alpha value is -2.78. The van der Waals surface area contributed by atoms with Gasteiger partial charge in [0.2, 0.25) is 5.91 Å². The number of benzene rings is 1. The van der Waals surface area contributed by atoms with E-state index in [0.717, 1.165) is 12.2 Å². The largest absolute Gasteiger partial charge is 0.416 e. The van der Waals surface area contributed by atoms with Crippen LogP contribution in [-0.2, 0) is 30.7 Å².